The summed E-state index contributed by atoms with van der Waals surface area (Å²) in [5.74, 6) is 0.165. The van der Waals surface area contributed by atoms with E-state index in [1.807, 2.05) is 37.3 Å². The molecule has 0 fully saturated rings. The molecule has 0 aliphatic rings. The minimum Gasteiger partial charge on any atom is -0.435 e. The molecule has 0 radical (unpaired) electrons. The Morgan fingerprint density at radius 3 is 2.53 bits per heavy atom. The number of aliphatic hydroxyl groups excluding tert-OH is 1. The molecule has 0 aliphatic heterocycles. The molecule has 172 valence electrons. The molecule has 1 aromatic heterocycles. The van der Waals surface area contributed by atoms with E-state index in [0.29, 0.717) is 32.1 Å². The molecule has 0 spiro atoms. The van der Waals surface area contributed by atoms with Crippen LogP contribution in [0, 0.1) is 12.7 Å². The third-order valence-electron chi connectivity index (χ3n) is 5.27. The lowest BCUT2D eigenvalue weighted by atomic mass is 10.1. The second-order valence-corrected chi connectivity index (χ2v) is 7.82. The summed E-state index contributed by atoms with van der Waals surface area (Å²) in [6, 6.07) is 16.0. The van der Waals surface area contributed by atoms with E-state index >= 15 is 0 Å². The minimum absolute atomic E-state index is 0.139. The van der Waals surface area contributed by atoms with Crippen molar-refractivity contribution in [1.29, 1.82) is 0 Å². The van der Waals surface area contributed by atoms with Gasteiger partial charge in [0.25, 0.3) is 0 Å². The number of aliphatic hydroxyl groups is 1. The van der Waals surface area contributed by atoms with Gasteiger partial charge in [-0.05, 0) is 37.6 Å². The summed E-state index contributed by atoms with van der Waals surface area (Å²) in [5.41, 5.74) is 2.45. The number of rotatable bonds is 12. The molecular formula is C25H32FN3O3. The third-order valence-corrected chi connectivity index (χ3v) is 5.27. The van der Waals surface area contributed by atoms with Crippen molar-refractivity contribution in [2.75, 3.05) is 26.8 Å². The fourth-order valence-electron chi connectivity index (χ4n) is 3.60. The molecule has 1 heterocycles. The number of benzene rings is 2. The van der Waals surface area contributed by atoms with Crippen molar-refractivity contribution in [3.8, 4) is 17.3 Å². The van der Waals surface area contributed by atoms with Crippen LogP contribution < -0.4 is 4.74 Å². The molecule has 32 heavy (non-hydrogen) atoms. The number of methoxy groups -OCH3 is 1. The molecule has 0 amide bonds. The Morgan fingerprint density at radius 2 is 1.84 bits per heavy atom. The number of ether oxygens (including phenoxy) is 2. The van der Waals surface area contributed by atoms with Crippen molar-refractivity contribution >= 4 is 0 Å². The average Bonchev–Trinajstić information content (AvgIpc) is 3.09. The maximum Gasteiger partial charge on any atom is 0.227 e. The topological polar surface area (TPSA) is 59.8 Å². The summed E-state index contributed by atoms with van der Waals surface area (Å²) in [6.45, 7) is 6.15. The van der Waals surface area contributed by atoms with Gasteiger partial charge in [0.05, 0.1) is 29.7 Å². The zero-order valence-corrected chi connectivity index (χ0v) is 19.0. The number of para-hydroxylation sites is 2. The van der Waals surface area contributed by atoms with E-state index in [0.717, 1.165) is 29.8 Å². The molecule has 6 nitrogen and oxygen atoms in total. The average molecular weight is 442 g/mol. The Kier molecular flexibility index (Phi) is 8.79. The maximum absolute atomic E-state index is 14.4. The zero-order chi connectivity index (χ0) is 22.9. The maximum atomic E-state index is 14.4. The first-order valence-corrected chi connectivity index (χ1v) is 11.0. The van der Waals surface area contributed by atoms with Crippen LogP contribution in [-0.2, 0) is 11.3 Å². The van der Waals surface area contributed by atoms with Gasteiger partial charge in [0.1, 0.15) is 0 Å². The molecule has 7 heteroatoms. The first-order valence-electron chi connectivity index (χ1n) is 11.0. The number of aromatic nitrogens is 2. The van der Waals surface area contributed by atoms with Gasteiger partial charge in [-0.3, -0.25) is 4.90 Å². The van der Waals surface area contributed by atoms with Gasteiger partial charge in [-0.15, -0.1) is 0 Å². The van der Waals surface area contributed by atoms with Crippen molar-refractivity contribution in [2.45, 2.75) is 39.3 Å². The normalized spacial score (nSPS) is 12.3. The Labute approximate surface area is 189 Å². The molecule has 0 saturated heterocycles. The van der Waals surface area contributed by atoms with E-state index in [-0.39, 0.29) is 5.75 Å². The molecule has 3 rings (SSSR count). The fourth-order valence-corrected chi connectivity index (χ4v) is 3.60. The number of hydrogen-bond donors (Lipinski definition) is 1. The highest BCUT2D eigenvalue weighted by Gasteiger charge is 2.23. The van der Waals surface area contributed by atoms with E-state index in [4.69, 9.17) is 14.6 Å². The van der Waals surface area contributed by atoms with E-state index < -0.39 is 11.9 Å². The van der Waals surface area contributed by atoms with Crippen molar-refractivity contribution in [1.82, 2.24) is 14.7 Å². The predicted molar refractivity (Wildman–Crippen MR) is 123 cm³/mol. The van der Waals surface area contributed by atoms with Gasteiger partial charge < -0.3 is 14.6 Å². The molecule has 0 unspecified atom stereocenters. The lowest BCUT2D eigenvalue weighted by molar-refractivity contribution is 0.0795. The molecule has 1 N–H and O–H groups in total. The van der Waals surface area contributed by atoms with Crippen molar-refractivity contribution in [2.24, 2.45) is 0 Å². The molecule has 2 aromatic carbocycles. The second kappa shape index (κ2) is 11.8. The highest BCUT2D eigenvalue weighted by molar-refractivity contribution is 5.43. The molecule has 1 atom stereocenters. The Morgan fingerprint density at radius 1 is 1.12 bits per heavy atom. The zero-order valence-electron chi connectivity index (χ0n) is 19.0. The van der Waals surface area contributed by atoms with Crippen LogP contribution in [0.25, 0.3) is 5.69 Å². The number of halogens is 1. The van der Waals surface area contributed by atoms with Crippen LogP contribution in [0.2, 0.25) is 0 Å². The highest BCUT2D eigenvalue weighted by atomic mass is 19.1. The summed E-state index contributed by atoms with van der Waals surface area (Å²) in [6.07, 6.45) is 1.20. The number of aryl methyl sites for hydroxylation is 1. The fraction of sp³-hybridized carbons (Fsp3) is 0.400. The molecule has 3 aromatic rings. The van der Waals surface area contributed by atoms with E-state index in [9.17, 15) is 9.50 Å². The van der Waals surface area contributed by atoms with Gasteiger partial charge in [-0.25, -0.2) is 9.07 Å². The molecular weight excluding hydrogens is 409 g/mol. The summed E-state index contributed by atoms with van der Waals surface area (Å²) in [5, 5.41) is 15.1. The van der Waals surface area contributed by atoms with Crippen LogP contribution >= 0.6 is 0 Å². The van der Waals surface area contributed by atoms with Crippen LogP contribution in [0.15, 0.2) is 54.6 Å². The third kappa shape index (κ3) is 6.16. The Hall–Kier alpha value is -2.74. The van der Waals surface area contributed by atoms with E-state index in [1.165, 1.54) is 6.07 Å². The quantitative estimate of drug-likeness (QED) is 0.441. The van der Waals surface area contributed by atoms with Crippen molar-refractivity contribution in [3.05, 3.63) is 71.7 Å². The van der Waals surface area contributed by atoms with Gasteiger partial charge in [0.15, 0.2) is 11.6 Å². The van der Waals surface area contributed by atoms with Crippen LogP contribution in [0.3, 0.4) is 0 Å². The first-order chi connectivity index (χ1) is 15.5. The smallest absolute Gasteiger partial charge is 0.227 e. The largest absolute Gasteiger partial charge is 0.435 e. The number of nitrogens with zero attached hydrogens (tertiary/aromatic N) is 3. The predicted octanol–water partition coefficient (Wildman–Crippen LogP) is 4.72. The first kappa shape index (κ1) is 23.9. The van der Waals surface area contributed by atoms with Gasteiger partial charge in [-0.2, -0.15) is 5.10 Å². The standard InChI is InChI=1S/C25H32FN3O3/c1-4-10-21(30)17-28(15-16-31-3)18-22-19(2)27-29(20-11-6-5-7-12-20)25(22)32-24-14-9-8-13-23(24)26/h5-9,11-14,21,30H,4,10,15-18H2,1-3H3/t21-/m1/s1. The molecule has 0 aliphatic carbocycles. The Bertz CT molecular complexity index is 978. The Balaban J connectivity index is 1.99. The van der Waals surface area contributed by atoms with Gasteiger partial charge in [0.2, 0.25) is 5.88 Å². The highest BCUT2D eigenvalue weighted by Crippen LogP contribution is 2.32. The van der Waals surface area contributed by atoms with E-state index in [2.05, 4.69) is 11.8 Å². The number of hydrogen-bond acceptors (Lipinski definition) is 5. The van der Waals surface area contributed by atoms with Crippen molar-refractivity contribution in [3.63, 3.8) is 0 Å². The van der Waals surface area contributed by atoms with Crippen molar-refractivity contribution < 1.29 is 19.0 Å². The van der Waals surface area contributed by atoms with Gasteiger partial charge in [0, 0.05) is 26.7 Å². The van der Waals surface area contributed by atoms with Gasteiger partial charge in [-0.1, -0.05) is 43.7 Å². The lowest BCUT2D eigenvalue weighted by Gasteiger charge is -2.25. The molecule has 0 bridgehead atoms. The summed E-state index contributed by atoms with van der Waals surface area (Å²) < 4.78 is 27.5. The molecule has 0 saturated carbocycles. The SMILES string of the molecule is CCC[C@@H](O)CN(CCOC)Cc1c(C)nn(-c2ccccc2)c1Oc1ccccc1F. The van der Waals surface area contributed by atoms with Gasteiger partial charge >= 0.3 is 0 Å². The summed E-state index contributed by atoms with van der Waals surface area (Å²) in [7, 11) is 1.66. The van der Waals surface area contributed by atoms with Crippen LogP contribution in [0.5, 0.6) is 11.6 Å². The van der Waals surface area contributed by atoms with Crippen LogP contribution in [0.4, 0.5) is 4.39 Å². The monoisotopic (exact) mass is 441 g/mol. The summed E-state index contributed by atoms with van der Waals surface area (Å²) >= 11 is 0. The van der Waals surface area contributed by atoms with Crippen LogP contribution in [0.1, 0.15) is 31.0 Å². The lowest BCUT2D eigenvalue weighted by Crippen LogP contribution is -2.34. The van der Waals surface area contributed by atoms with Crippen LogP contribution in [-0.4, -0.2) is 52.7 Å². The minimum atomic E-state index is -0.438. The van der Waals surface area contributed by atoms with E-state index in [1.54, 1.807) is 30.0 Å². The second-order valence-electron chi connectivity index (χ2n) is 7.82. The summed E-state index contributed by atoms with van der Waals surface area (Å²) in [4.78, 5) is 2.12.